The summed E-state index contributed by atoms with van der Waals surface area (Å²) in [6, 6.07) is 5.03. The summed E-state index contributed by atoms with van der Waals surface area (Å²) in [5, 5.41) is 17.8. The van der Waals surface area contributed by atoms with Gasteiger partial charge in [-0.3, -0.25) is 9.59 Å². The number of aliphatic carboxylic acids is 2. The molecule has 1 rings (SSSR count). The van der Waals surface area contributed by atoms with Crippen LogP contribution in [0.4, 0.5) is 4.39 Å². The number of carboxylic acids is 2. The van der Waals surface area contributed by atoms with Crippen molar-refractivity contribution in [1.82, 2.24) is 0 Å². The zero-order valence-corrected chi connectivity index (χ0v) is 10.7. The number of hydrogen-bond donors (Lipinski definition) is 3. The van der Waals surface area contributed by atoms with Crippen LogP contribution in [0, 0.1) is 5.92 Å². The second-order valence-corrected chi connectivity index (χ2v) is 4.32. The normalized spacial score (nSPS) is 13.5. The van der Waals surface area contributed by atoms with Crippen molar-refractivity contribution in [1.29, 1.82) is 0 Å². The molecule has 0 saturated heterocycles. The summed E-state index contributed by atoms with van der Waals surface area (Å²) in [5.74, 6) is -2.90. The number of nitrogens with two attached hydrogens (primary N) is 1. The molecule has 0 heterocycles. The average molecular weight is 285 g/mol. The van der Waals surface area contributed by atoms with Crippen LogP contribution in [0.3, 0.4) is 0 Å². The van der Waals surface area contributed by atoms with Gasteiger partial charge in [-0.1, -0.05) is 12.1 Å². The maximum Gasteiger partial charge on any atom is 0.320 e. The molecule has 0 spiro atoms. The Morgan fingerprint density at radius 1 is 1.20 bits per heavy atom. The van der Waals surface area contributed by atoms with Gasteiger partial charge >= 0.3 is 11.9 Å². The Morgan fingerprint density at radius 3 is 2.25 bits per heavy atom. The highest BCUT2D eigenvalue weighted by molar-refractivity contribution is 5.76. The number of halogens is 1. The highest BCUT2D eigenvalue weighted by Gasteiger charge is 2.24. The summed E-state index contributed by atoms with van der Waals surface area (Å²) in [5.41, 5.74) is 6.03. The molecular formula is C13H16FNO5. The molecule has 0 fully saturated rings. The molecule has 1 aromatic carbocycles. The summed E-state index contributed by atoms with van der Waals surface area (Å²) >= 11 is 0. The third kappa shape index (κ3) is 4.85. The quantitative estimate of drug-likeness (QED) is 0.658. The fourth-order valence-electron chi connectivity index (χ4n) is 1.75. The molecule has 0 aliphatic heterocycles. The summed E-state index contributed by atoms with van der Waals surface area (Å²) in [6.45, 7) is -0.940. The first-order valence-corrected chi connectivity index (χ1v) is 5.93. The fraction of sp³-hybridized carbons (Fsp3) is 0.385. The van der Waals surface area contributed by atoms with Gasteiger partial charge in [-0.05, 0) is 30.5 Å². The summed E-state index contributed by atoms with van der Waals surface area (Å²) in [6.07, 6.45) is -0.0143. The number of ether oxygens (including phenoxy) is 1. The van der Waals surface area contributed by atoms with Crippen LogP contribution in [0.2, 0.25) is 0 Å². The van der Waals surface area contributed by atoms with Crippen molar-refractivity contribution in [3.8, 4) is 5.75 Å². The molecule has 0 amide bonds. The molecule has 2 unspecified atom stereocenters. The highest BCUT2D eigenvalue weighted by atomic mass is 19.1. The summed E-state index contributed by atoms with van der Waals surface area (Å²) in [4.78, 5) is 21.8. The number of carbonyl (C=O) groups is 2. The largest absolute Gasteiger partial charge is 0.481 e. The standard InChI is InChI=1S/C13H16FNO5/c14-7-20-10-3-1-8(2-4-10)5-9(12(16)17)6-11(15)13(18)19/h1-4,9,11H,5-7,15H2,(H,16,17)(H,18,19). The minimum atomic E-state index is -1.23. The predicted octanol–water partition coefficient (Wildman–Crippen LogP) is 1.04. The molecule has 1 aromatic rings. The smallest absolute Gasteiger partial charge is 0.320 e. The van der Waals surface area contributed by atoms with E-state index in [0.717, 1.165) is 0 Å². The minimum Gasteiger partial charge on any atom is -0.481 e. The first-order valence-electron chi connectivity index (χ1n) is 5.93. The molecule has 0 radical (unpaired) electrons. The zero-order chi connectivity index (χ0) is 15.1. The van der Waals surface area contributed by atoms with Crippen molar-refractivity contribution < 1.29 is 28.9 Å². The van der Waals surface area contributed by atoms with E-state index in [9.17, 15) is 14.0 Å². The van der Waals surface area contributed by atoms with E-state index in [1.165, 1.54) is 12.1 Å². The van der Waals surface area contributed by atoms with Gasteiger partial charge < -0.3 is 20.7 Å². The lowest BCUT2D eigenvalue weighted by Crippen LogP contribution is -2.35. The van der Waals surface area contributed by atoms with E-state index in [2.05, 4.69) is 4.74 Å². The Hall–Kier alpha value is -2.15. The van der Waals surface area contributed by atoms with Gasteiger partial charge in [-0.15, -0.1) is 0 Å². The van der Waals surface area contributed by atoms with E-state index in [1.807, 2.05) is 0 Å². The Labute approximate surface area is 115 Å². The van der Waals surface area contributed by atoms with Crippen molar-refractivity contribution in [3.05, 3.63) is 29.8 Å². The van der Waals surface area contributed by atoms with Crippen molar-refractivity contribution >= 4 is 11.9 Å². The minimum absolute atomic E-state index is 0.145. The number of benzene rings is 1. The molecule has 7 heteroatoms. The topological polar surface area (TPSA) is 110 Å². The van der Waals surface area contributed by atoms with Gasteiger partial charge in [0.2, 0.25) is 6.86 Å². The Bertz CT molecular complexity index is 462. The van der Waals surface area contributed by atoms with Gasteiger partial charge in [0.05, 0.1) is 5.92 Å². The van der Waals surface area contributed by atoms with Crippen LogP contribution in [0.5, 0.6) is 5.75 Å². The van der Waals surface area contributed by atoms with Crippen LogP contribution < -0.4 is 10.5 Å². The predicted molar refractivity (Wildman–Crippen MR) is 68.1 cm³/mol. The third-order valence-corrected chi connectivity index (χ3v) is 2.83. The van der Waals surface area contributed by atoms with E-state index in [1.54, 1.807) is 12.1 Å². The Morgan fingerprint density at radius 2 is 1.80 bits per heavy atom. The van der Waals surface area contributed by atoms with Gasteiger partial charge in [0.1, 0.15) is 11.8 Å². The van der Waals surface area contributed by atoms with Crippen molar-refractivity contribution in [2.24, 2.45) is 11.7 Å². The SMILES string of the molecule is NC(CC(Cc1ccc(OCF)cc1)C(=O)O)C(=O)O. The van der Waals surface area contributed by atoms with E-state index in [0.29, 0.717) is 11.3 Å². The van der Waals surface area contributed by atoms with E-state index >= 15 is 0 Å². The number of hydrogen-bond acceptors (Lipinski definition) is 4. The molecule has 2 atom stereocenters. The second kappa shape index (κ2) is 7.44. The van der Waals surface area contributed by atoms with Gasteiger partial charge in [0, 0.05) is 0 Å². The van der Waals surface area contributed by atoms with Crippen LogP contribution in [0.1, 0.15) is 12.0 Å². The highest BCUT2D eigenvalue weighted by Crippen LogP contribution is 2.18. The number of rotatable bonds is 8. The average Bonchev–Trinajstić information content (AvgIpc) is 2.40. The Balaban J connectivity index is 2.70. The van der Waals surface area contributed by atoms with Crippen LogP contribution in [-0.2, 0) is 16.0 Å². The Kier molecular flexibility index (Phi) is 5.92. The van der Waals surface area contributed by atoms with Gasteiger partial charge in [-0.2, -0.15) is 0 Å². The molecule has 20 heavy (non-hydrogen) atoms. The second-order valence-electron chi connectivity index (χ2n) is 4.32. The number of carboxylic acid groups (broad SMARTS) is 2. The zero-order valence-electron chi connectivity index (χ0n) is 10.7. The molecule has 110 valence electrons. The van der Waals surface area contributed by atoms with E-state index < -0.39 is 30.8 Å². The van der Waals surface area contributed by atoms with Crippen LogP contribution in [-0.4, -0.2) is 35.1 Å². The van der Waals surface area contributed by atoms with Crippen molar-refractivity contribution in [2.75, 3.05) is 6.86 Å². The lowest BCUT2D eigenvalue weighted by Gasteiger charge is -2.15. The molecule has 4 N–H and O–H groups in total. The third-order valence-electron chi connectivity index (χ3n) is 2.83. The van der Waals surface area contributed by atoms with Gasteiger partial charge in [0.25, 0.3) is 0 Å². The van der Waals surface area contributed by atoms with E-state index in [-0.39, 0.29) is 12.8 Å². The molecule has 0 saturated carbocycles. The van der Waals surface area contributed by atoms with Crippen molar-refractivity contribution in [2.45, 2.75) is 18.9 Å². The van der Waals surface area contributed by atoms with Crippen LogP contribution in [0.25, 0.3) is 0 Å². The molecule has 0 bridgehead atoms. The molecule has 0 aromatic heterocycles. The van der Waals surface area contributed by atoms with Crippen molar-refractivity contribution in [3.63, 3.8) is 0 Å². The maximum atomic E-state index is 11.9. The van der Waals surface area contributed by atoms with Crippen LogP contribution in [0.15, 0.2) is 24.3 Å². The molecule has 6 nitrogen and oxygen atoms in total. The number of alkyl halides is 1. The first-order chi connectivity index (χ1) is 9.43. The van der Waals surface area contributed by atoms with Gasteiger partial charge in [0.15, 0.2) is 0 Å². The lowest BCUT2D eigenvalue weighted by atomic mass is 9.93. The maximum absolute atomic E-state index is 11.9. The summed E-state index contributed by atoms with van der Waals surface area (Å²) < 4.78 is 16.6. The van der Waals surface area contributed by atoms with E-state index in [4.69, 9.17) is 15.9 Å². The summed E-state index contributed by atoms with van der Waals surface area (Å²) in [7, 11) is 0. The fourth-order valence-corrected chi connectivity index (χ4v) is 1.75. The monoisotopic (exact) mass is 285 g/mol. The van der Waals surface area contributed by atoms with Crippen LogP contribution >= 0.6 is 0 Å². The molecule has 0 aliphatic rings. The molecular weight excluding hydrogens is 269 g/mol. The van der Waals surface area contributed by atoms with Gasteiger partial charge in [-0.25, -0.2) is 4.39 Å². The lowest BCUT2D eigenvalue weighted by molar-refractivity contribution is -0.143. The molecule has 0 aliphatic carbocycles. The first kappa shape index (κ1) is 15.9.